The van der Waals surface area contributed by atoms with Crippen molar-refractivity contribution in [1.29, 1.82) is 0 Å². The van der Waals surface area contributed by atoms with Gasteiger partial charge in [-0.25, -0.2) is 0 Å². The maximum atomic E-state index is 13.2. The number of hydrogen-bond donors (Lipinski definition) is 1. The lowest BCUT2D eigenvalue weighted by Crippen LogP contribution is -2.39. The molecular weight excluding hydrogens is 356 g/mol. The van der Waals surface area contributed by atoms with Crippen LogP contribution in [0, 0.1) is 19.3 Å². The number of hydrogen-bond acceptors (Lipinski definition) is 4. The smallest absolute Gasteiger partial charge is 0.290 e. The van der Waals surface area contributed by atoms with Crippen molar-refractivity contribution in [2.75, 3.05) is 13.1 Å². The Kier molecular flexibility index (Phi) is 5.28. The van der Waals surface area contributed by atoms with E-state index in [0.717, 1.165) is 30.8 Å². The molecule has 4 rings (SSSR count). The molecular formula is C19H25ClN2O2S. The molecule has 25 heavy (non-hydrogen) atoms. The van der Waals surface area contributed by atoms with Crippen LogP contribution in [0.15, 0.2) is 27.3 Å². The third-order valence-corrected chi connectivity index (χ3v) is 6.28. The molecule has 3 heterocycles. The van der Waals surface area contributed by atoms with E-state index in [1.54, 1.807) is 11.3 Å². The lowest BCUT2D eigenvalue weighted by molar-refractivity contribution is 0.0657. The fourth-order valence-corrected chi connectivity index (χ4v) is 4.78. The van der Waals surface area contributed by atoms with Crippen LogP contribution in [0.3, 0.4) is 0 Å². The number of amides is 1. The predicted molar refractivity (Wildman–Crippen MR) is 103 cm³/mol. The Balaban J connectivity index is 0.00000182. The normalized spacial score (nSPS) is 21.0. The molecule has 2 aromatic heterocycles. The van der Waals surface area contributed by atoms with Crippen LogP contribution in [0.5, 0.6) is 0 Å². The minimum atomic E-state index is 0. The Bertz CT molecular complexity index is 735. The number of halogens is 1. The van der Waals surface area contributed by atoms with Gasteiger partial charge in [0.25, 0.3) is 5.91 Å². The predicted octanol–water partition coefficient (Wildman–Crippen LogP) is 4.16. The van der Waals surface area contributed by atoms with Crippen molar-refractivity contribution < 1.29 is 9.21 Å². The zero-order chi connectivity index (χ0) is 16.7. The van der Waals surface area contributed by atoms with E-state index in [2.05, 4.69) is 27.0 Å². The molecule has 1 aliphatic heterocycles. The topological polar surface area (TPSA) is 45.5 Å². The molecule has 1 aliphatic carbocycles. The van der Waals surface area contributed by atoms with Gasteiger partial charge in [0.05, 0.1) is 0 Å². The van der Waals surface area contributed by atoms with Crippen molar-refractivity contribution >= 4 is 29.7 Å². The number of piperidine rings is 1. The average molecular weight is 381 g/mol. The molecule has 1 N–H and O–H groups in total. The Morgan fingerprint density at radius 1 is 1.40 bits per heavy atom. The Labute approximate surface area is 159 Å². The van der Waals surface area contributed by atoms with Gasteiger partial charge in [-0.3, -0.25) is 4.79 Å². The molecule has 2 fully saturated rings. The van der Waals surface area contributed by atoms with Crippen LogP contribution in [0.25, 0.3) is 0 Å². The van der Waals surface area contributed by atoms with Crippen LogP contribution < -0.4 is 5.32 Å². The SMILES string of the molecule is Cc1cc(C)c(C(=O)N(Cc2ccsc2)C2CC23CCNCC3)o1.Cl. The highest BCUT2D eigenvalue weighted by atomic mass is 35.5. The van der Waals surface area contributed by atoms with Crippen molar-refractivity contribution in [1.82, 2.24) is 10.2 Å². The molecule has 4 nitrogen and oxygen atoms in total. The Morgan fingerprint density at radius 3 is 2.76 bits per heavy atom. The molecule has 0 radical (unpaired) electrons. The first-order valence-corrected chi connectivity index (χ1v) is 9.63. The van der Waals surface area contributed by atoms with Gasteiger partial charge >= 0.3 is 0 Å². The van der Waals surface area contributed by atoms with E-state index in [9.17, 15) is 4.79 Å². The van der Waals surface area contributed by atoms with Crippen molar-refractivity contribution in [3.05, 3.63) is 45.5 Å². The second-order valence-corrected chi connectivity index (χ2v) is 8.05. The van der Waals surface area contributed by atoms with Gasteiger partial charge in [-0.05, 0) is 80.1 Å². The Morgan fingerprint density at radius 2 is 2.16 bits per heavy atom. The number of aryl methyl sites for hydroxylation is 2. The molecule has 1 saturated heterocycles. The summed E-state index contributed by atoms with van der Waals surface area (Å²) in [7, 11) is 0. The quantitative estimate of drug-likeness (QED) is 0.866. The van der Waals surface area contributed by atoms with E-state index in [1.807, 2.05) is 19.9 Å². The number of carbonyl (C=O) groups is 1. The van der Waals surface area contributed by atoms with Crippen LogP contribution >= 0.6 is 23.7 Å². The standard InChI is InChI=1S/C19H24N2O2S.ClH/c1-13-9-14(2)23-17(13)18(22)21(11-15-3-8-24-12-15)16-10-19(16)4-6-20-7-5-19;/h3,8-9,12,16,20H,4-7,10-11H2,1-2H3;1H. The molecule has 2 aliphatic rings. The van der Waals surface area contributed by atoms with Gasteiger partial charge < -0.3 is 14.6 Å². The van der Waals surface area contributed by atoms with Crippen molar-refractivity contribution in [3.8, 4) is 0 Å². The molecule has 136 valence electrons. The van der Waals surface area contributed by atoms with Gasteiger partial charge in [-0.15, -0.1) is 12.4 Å². The van der Waals surface area contributed by atoms with Gasteiger partial charge in [0, 0.05) is 18.2 Å². The lowest BCUT2D eigenvalue weighted by atomic mass is 9.93. The minimum absolute atomic E-state index is 0. The van der Waals surface area contributed by atoms with Crippen molar-refractivity contribution in [3.63, 3.8) is 0 Å². The summed E-state index contributed by atoms with van der Waals surface area (Å²) in [6, 6.07) is 4.41. The molecule has 1 saturated carbocycles. The van der Waals surface area contributed by atoms with Crippen LogP contribution in [-0.4, -0.2) is 29.9 Å². The van der Waals surface area contributed by atoms with E-state index in [1.165, 1.54) is 18.4 Å². The maximum absolute atomic E-state index is 13.2. The molecule has 1 atom stereocenters. The summed E-state index contributed by atoms with van der Waals surface area (Å²) >= 11 is 1.68. The van der Waals surface area contributed by atoms with E-state index in [-0.39, 0.29) is 18.3 Å². The highest BCUT2D eigenvalue weighted by Gasteiger charge is 2.58. The average Bonchev–Trinajstić information content (AvgIpc) is 2.92. The largest absolute Gasteiger partial charge is 0.456 e. The second kappa shape index (κ2) is 7.14. The van der Waals surface area contributed by atoms with Crippen LogP contribution in [-0.2, 0) is 6.54 Å². The summed E-state index contributed by atoms with van der Waals surface area (Å²) in [6.07, 6.45) is 3.46. The van der Waals surface area contributed by atoms with Gasteiger partial charge in [-0.2, -0.15) is 11.3 Å². The zero-order valence-corrected chi connectivity index (χ0v) is 16.3. The summed E-state index contributed by atoms with van der Waals surface area (Å²) in [4.78, 5) is 15.3. The van der Waals surface area contributed by atoms with Gasteiger partial charge in [0.1, 0.15) is 5.76 Å². The van der Waals surface area contributed by atoms with E-state index in [0.29, 0.717) is 23.8 Å². The summed E-state index contributed by atoms with van der Waals surface area (Å²) < 4.78 is 5.73. The molecule has 1 unspecified atom stereocenters. The van der Waals surface area contributed by atoms with Crippen LogP contribution in [0.4, 0.5) is 0 Å². The van der Waals surface area contributed by atoms with Gasteiger partial charge in [0.2, 0.25) is 0 Å². The molecule has 6 heteroatoms. The first-order chi connectivity index (χ1) is 11.6. The monoisotopic (exact) mass is 380 g/mol. The number of thiophene rings is 1. The highest BCUT2D eigenvalue weighted by molar-refractivity contribution is 7.07. The molecule has 1 amide bonds. The zero-order valence-electron chi connectivity index (χ0n) is 14.7. The first-order valence-electron chi connectivity index (χ1n) is 8.69. The fourth-order valence-electron chi connectivity index (χ4n) is 4.12. The number of carbonyl (C=O) groups excluding carboxylic acids is 1. The third-order valence-electron chi connectivity index (χ3n) is 5.55. The summed E-state index contributed by atoms with van der Waals surface area (Å²) in [5, 5.41) is 7.65. The maximum Gasteiger partial charge on any atom is 0.290 e. The Hall–Kier alpha value is -1.30. The van der Waals surface area contributed by atoms with E-state index in [4.69, 9.17) is 4.42 Å². The number of rotatable bonds is 4. The minimum Gasteiger partial charge on any atom is -0.456 e. The van der Waals surface area contributed by atoms with Crippen LogP contribution in [0.1, 0.15) is 46.7 Å². The molecule has 0 bridgehead atoms. The summed E-state index contributed by atoms with van der Waals surface area (Å²) in [6.45, 7) is 6.67. The fraction of sp³-hybridized carbons (Fsp3) is 0.526. The van der Waals surface area contributed by atoms with Gasteiger partial charge in [-0.1, -0.05) is 0 Å². The number of furan rings is 1. The number of nitrogens with zero attached hydrogens (tertiary/aromatic N) is 1. The summed E-state index contributed by atoms with van der Waals surface area (Å²) in [5.41, 5.74) is 2.48. The number of nitrogens with one attached hydrogen (secondary N) is 1. The molecule has 0 aromatic carbocycles. The van der Waals surface area contributed by atoms with E-state index < -0.39 is 0 Å². The van der Waals surface area contributed by atoms with Crippen molar-refractivity contribution in [2.24, 2.45) is 5.41 Å². The third kappa shape index (κ3) is 3.50. The molecule has 2 aromatic rings. The van der Waals surface area contributed by atoms with Gasteiger partial charge in [0.15, 0.2) is 5.76 Å². The highest BCUT2D eigenvalue weighted by Crippen LogP contribution is 2.56. The van der Waals surface area contributed by atoms with Crippen molar-refractivity contribution in [2.45, 2.75) is 45.7 Å². The molecule has 1 spiro atoms. The van der Waals surface area contributed by atoms with Crippen LogP contribution in [0.2, 0.25) is 0 Å². The first kappa shape index (κ1) is 18.5. The lowest BCUT2D eigenvalue weighted by Gasteiger charge is -2.29. The second-order valence-electron chi connectivity index (χ2n) is 7.27. The summed E-state index contributed by atoms with van der Waals surface area (Å²) in [5.74, 6) is 1.37. The van der Waals surface area contributed by atoms with E-state index >= 15 is 0 Å².